The van der Waals surface area contributed by atoms with Crippen molar-refractivity contribution >= 4 is 53.7 Å². The van der Waals surface area contributed by atoms with Crippen LogP contribution < -0.4 is 11.1 Å². The van der Waals surface area contributed by atoms with Crippen molar-refractivity contribution in [1.82, 2.24) is 10.3 Å². The highest BCUT2D eigenvalue weighted by Crippen LogP contribution is 2.39. The molecular formula is C17H22Cl3N3OS. The molecule has 4 nitrogen and oxygen atoms in total. The molecule has 0 radical (unpaired) electrons. The van der Waals surface area contributed by atoms with E-state index in [1.165, 1.54) is 11.3 Å². The summed E-state index contributed by atoms with van der Waals surface area (Å²) in [7, 11) is 0. The van der Waals surface area contributed by atoms with Gasteiger partial charge < -0.3 is 11.1 Å². The number of hydrogen-bond acceptors (Lipinski definition) is 4. The van der Waals surface area contributed by atoms with Gasteiger partial charge in [0.2, 0.25) is 5.91 Å². The van der Waals surface area contributed by atoms with E-state index in [1.807, 2.05) is 36.6 Å². The number of nitrogens with zero attached hydrogens (tertiary/aromatic N) is 1. The number of rotatable bonds is 6. The summed E-state index contributed by atoms with van der Waals surface area (Å²) in [6.45, 7) is 2.49. The summed E-state index contributed by atoms with van der Waals surface area (Å²) in [6, 6.07) is 7.59. The molecule has 1 aliphatic carbocycles. The Kier molecular flexibility index (Phi) is 8.16. The average Bonchev–Trinajstić information content (AvgIpc) is 3.29. The van der Waals surface area contributed by atoms with E-state index < -0.39 is 0 Å². The highest BCUT2D eigenvalue weighted by Gasteiger charge is 2.41. The van der Waals surface area contributed by atoms with Gasteiger partial charge in [-0.15, -0.1) is 36.2 Å². The van der Waals surface area contributed by atoms with Crippen molar-refractivity contribution in [2.45, 2.75) is 31.7 Å². The van der Waals surface area contributed by atoms with Crippen LogP contribution in [0.15, 0.2) is 29.6 Å². The number of nitrogens with one attached hydrogen (secondary N) is 1. The molecule has 0 bridgehead atoms. The van der Waals surface area contributed by atoms with Crippen LogP contribution >= 0.6 is 47.8 Å². The van der Waals surface area contributed by atoms with Gasteiger partial charge in [-0.1, -0.05) is 29.8 Å². The summed E-state index contributed by atoms with van der Waals surface area (Å²) in [5, 5.41) is 6.50. The SMILES string of the molecule is CC(CN)(NC(=O)Cc1csc(-c2ccccc2Cl)n1)C1CC1.Cl.Cl. The predicted octanol–water partition coefficient (Wildman–Crippen LogP) is 4.09. The minimum absolute atomic E-state index is 0. The molecule has 8 heteroatoms. The first-order chi connectivity index (χ1) is 11.0. The molecule has 1 unspecified atom stereocenters. The molecule has 3 rings (SSSR count). The van der Waals surface area contributed by atoms with Crippen LogP contribution in [-0.2, 0) is 11.2 Å². The van der Waals surface area contributed by atoms with Gasteiger partial charge in [0, 0.05) is 17.5 Å². The van der Waals surface area contributed by atoms with Gasteiger partial charge >= 0.3 is 0 Å². The molecule has 1 heterocycles. The van der Waals surface area contributed by atoms with Crippen molar-refractivity contribution in [2.24, 2.45) is 11.7 Å². The molecule has 1 fully saturated rings. The largest absolute Gasteiger partial charge is 0.349 e. The number of hydrogen-bond donors (Lipinski definition) is 2. The zero-order valence-corrected chi connectivity index (χ0v) is 17.0. The molecule has 1 aromatic carbocycles. The normalized spacial score (nSPS) is 15.5. The Bertz CT molecular complexity index is 721. The van der Waals surface area contributed by atoms with E-state index in [4.69, 9.17) is 17.3 Å². The van der Waals surface area contributed by atoms with E-state index in [0.717, 1.165) is 29.1 Å². The van der Waals surface area contributed by atoms with E-state index in [1.54, 1.807) is 0 Å². The van der Waals surface area contributed by atoms with Crippen molar-refractivity contribution in [3.8, 4) is 10.6 Å². The van der Waals surface area contributed by atoms with Gasteiger partial charge in [0.1, 0.15) is 5.01 Å². The third kappa shape index (κ3) is 5.31. The quantitative estimate of drug-likeness (QED) is 0.736. The first kappa shape index (κ1) is 22.2. The molecule has 2 aromatic rings. The Hall–Kier alpha value is -0.850. The third-order valence-electron chi connectivity index (χ3n) is 4.33. The molecular weight excluding hydrogens is 401 g/mol. The Morgan fingerprint density at radius 2 is 2.08 bits per heavy atom. The van der Waals surface area contributed by atoms with Gasteiger partial charge in [-0.2, -0.15) is 0 Å². The highest BCUT2D eigenvalue weighted by molar-refractivity contribution is 7.13. The maximum absolute atomic E-state index is 12.3. The molecule has 0 saturated heterocycles. The molecule has 3 N–H and O–H groups in total. The van der Waals surface area contributed by atoms with Gasteiger partial charge in [0.05, 0.1) is 22.7 Å². The Balaban J connectivity index is 0.00000156. The highest BCUT2D eigenvalue weighted by atomic mass is 35.5. The summed E-state index contributed by atoms with van der Waals surface area (Å²) < 4.78 is 0. The lowest BCUT2D eigenvalue weighted by atomic mass is 9.95. The summed E-state index contributed by atoms with van der Waals surface area (Å²) in [6.07, 6.45) is 2.55. The van der Waals surface area contributed by atoms with Gasteiger partial charge in [-0.05, 0) is 31.7 Å². The van der Waals surface area contributed by atoms with E-state index in [9.17, 15) is 4.79 Å². The summed E-state index contributed by atoms with van der Waals surface area (Å²) >= 11 is 7.70. The van der Waals surface area contributed by atoms with Gasteiger partial charge in [0.25, 0.3) is 0 Å². The van der Waals surface area contributed by atoms with Gasteiger partial charge in [0.15, 0.2) is 0 Å². The van der Waals surface area contributed by atoms with Crippen LogP contribution in [0, 0.1) is 5.92 Å². The molecule has 0 aliphatic heterocycles. The number of amides is 1. The maximum atomic E-state index is 12.3. The van der Waals surface area contributed by atoms with Crippen LogP contribution in [0.4, 0.5) is 0 Å². The number of thiazole rings is 1. The van der Waals surface area contributed by atoms with Crippen molar-refractivity contribution in [3.05, 3.63) is 40.4 Å². The molecule has 1 atom stereocenters. The number of benzene rings is 1. The number of nitrogens with two attached hydrogens (primary N) is 1. The van der Waals surface area contributed by atoms with Crippen LogP contribution in [0.2, 0.25) is 5.02 Å². The van der Waals surface area contributed by atoms with Gasteiger partial charge in [-0.3, -0.25) is 4.79 Å². The second-order valence-corrected chi connectivity index (χ2v) is 7.51. The zero-order chi connectivity index (χ0) is 16.4. The maximum Gasteiger partial charge on any atom is 0.226 e. The second kappa shape index (κ2) is 9.19. The molecule has 1 aliphatic rings. The van der Waals surface area contributed by atoms with Crippen molar-refractivity contribution in [3.63, 3.8) is 0 Å². The third-order valence-corrected chi connectivity index (χ3v) is 5.58. The second-order valence-electron chi connectivity index (χ2n) is 6.24. The van der Waals surface area contributed by atoms with Crippen molar-refractivity contribution in [2.75, 3.05) is 6.54 Å². The summed E-state index contributed by atoms with van der Waals surface area (Å²) in [5.41, 5.74) is 7.21. The summed E-state index contributed by atoms with van der Waals surface area (Å²) in [4.78, 5) is 16.8. The van der Waals surface area contributed by atoms with Crippen LogP contribution in [0.5, 0.6) is 0 Å². The van der Waals surface area contributed by atoms with Crippen LogP contribution in [-0.4, -0.2) is 23.0 Å². The van der Waals surface area contributed by atoms with Crippen molar-refractivity contribution < 1.29 is 4.79 Å². The first-order valence-corrected chi connectivity index (χ1v) is 8.98. The van der Waals surface area contributed by atoms with Crippen LogP contribution in [0.25, 0.3) is 10.6 Å². The minimum Gasteiger partial charge on any atom is -0.349 e. The number of halogens is 3. The Morgan fingerprint density at radius 3 is 2.68 bits per heavy atom. The van der Waals surface area contributed by atoms with E-state index in [-0.39, 0.29) is 42.7 Å². The Labute approximate surface area is 169 Å². The predicted molar refractivity (Wildman–Crippen MR) is 109 cm³/mol. The van der Waals surface area contributed by atoms with Crippen LogP contribution in [0.1, 0.15) is 25.5 Å². The Morgan fingerprint density at radius 1 is 1.40 bits per heavy atom. The topological polar surface area (TPSA) is 68.0 Å². The molecule has 1 amide bonds. The zero-order valence-electron chi connectivity index (χ0n) is 13.8. The van der Waals surface area contributed by atoms with Gasteiger partial charge in [-0.25, -0.2) is 4.98 Å². The summed E-state index contributed by atoms with van der Waals surface area (Å²) in [5.74, 6) is 0.478. The molecule has 1 saturated carbocycles. The van der Waals surface area contributed by atoms with E-state index in [2.05, 4.69) is 10.3 Å². The fourth-order valence-corrected chi connectivity index (χ4v) is 3.85. The molecule has 25 heavy (non-hydrogen) atoms. The fourth-order valence-electron chi connectivity index (χ4n) is 2.71. The number of carbonyl (C=O) groups excluding carboxylic acids is 1. The standard InChI is InChI=1S/C17H20ClN3OS.2ClH/c1-17(10-19,11-6-7-11)21-15(22)8-12-9-23-16(20-12)13-4-2-3-5-14(13)18;;/h2-5,9,11H,6-8,10,19H2,1H3,(H,21,22);2*1H. The molecule has 138 valence electrons. The lowest BCUT2D eigenvalue weighted by Gasteiger charge is -2.29. The van der Waals surface area contributed by atoms with Crippen LogP contribution in [0.3, 0.4) is 0 Å². The number of aromatic nitrogens is 1. The number of carbonyl (C=O) groups is 1. The lowest BCUT2D eigenvalue weighted by molar-refractivity contribution is -0.122. The van der Waals surface area contributed by atoms with E-state index >= 15 is 0 Å². The average molecular weight is 423 g/mol. The smallest absolute Gasteiger partial charge is 0.226 e. The molecule has 1 aromatic heterocycles. The monoisotopic (exact) mass is 421 g/mol. The first-order valence-electron chi connectivity index (χ1n) is 7.72. The van der Waals surface area contributed by atoms with Crippen molar-refractivity contribution in [1.29, 1.82) is 0 Å². The minimum atomic E-state index is -0.293. The fraction of sp³-hybridized carbons (Fsp3) is 0.412. The lowest BCUT2D eigenvalue weighted by Crippen LogP contribution is -2.53. The molecule has 0 spiro atoms. The van der Waals surface area contributed by atoms with E-state index in [0.29, 0.717) is 17.5 Å².